The average molecular weight is 223 g/mol. The Morgan fingerprint density at radius 3 is 2.57 bits per heavy atom. The zero-order chi connectivity index (χ0) is 10.1. The molecule has 0 bridgehead atoms. The smallest absolute Gasteiger partial charge is 0.0441 e. The van der Waals surface area contributed by atoms with Crippen LogP contribution in [0.4, 0.5) is 0 Å². The maximum atomic E-state index is 6.09. The Kier molecular flexibility index (Phi) is 2.62. The van der Waals surface area contributed by atoms with Gasteiger partial charge in [0.15, 0.2) is 0 Å². The lowest BCUT2D eigenvalue weighted by Gasteiger charge is -2.06. The van der Waals surface area contributed by atoms with E-state index in [4.69, 9.17) is 11.6 Å². The summed E-state index contributed by atoms with van der Waals surface area (Å²) >= 11 is 7.85. The van der Waals surface area contributed by atoms with Gasteiger partial charge in [0.25, 0.3) is 0 Å². The number of benzene rings is 1. The highest BCUT2D eigenvalue weighted by molar-refractivity contribution is 7.13. The molecule has 0 saturated heterocycles. The van der Waals surface area contributed by atoms with Gasteiger partial charge in [0.1, 0.15) is 0 Å². The van der Waals surface area contributed by atoms with Gasteiger partial charge in [-0.1, -0.05) is 23.7 Å². The molecule has 0 fully saturated rings. The summed E-state index contributed by atoms with van der Waals surface area (Å²) in [7, 11) is 0. The van der Waals surface area contributed by atoms with E-state index in [1.54, 1.807) is 11.3 Å². The Hall–Kier alpha value is -0.790. The Morgan fingerprint density at radius 1 is 1.14 bits per heavy atom. The van der Waals surface area contributed by atoms with Gasteiger partial charge in [0, 0.05) is 9.90 Å². The maximum absolute atomic E-state index is 6.09. The summed E-state index contributed by atoms with van der Waals surface area (Å²) in [5, 5.41) is 2.96. The predicted molar refractivity (Wildman–Crippen MR) is 64.2 cm³/mol. The molecule has 2 rings (SSSR count). The molecule has 0 aliphatic heterocycles. The SMILES string of the molecule is Cc1ccsc1-c1cccc(Cl)c1C. The standard InChI is InChI=1S/C12H11ClS/c1-8-6-7-14-12(8)10-4-3-5-11(13)9(10)2/h3-7H,1-2H3. The van der Waals surface area contributed by atoms with Crippen molar-refractivity contribution < 1.29 is 0 Å². The van der Waals surface area contributed by atoms with Crippen LogP contribution in [-0.4, -0.2) is 0 Å². The van der Waals surface area contributed by atoms with E-state index in [1.165, 1.54) is 21.6 Å². The minimum atomic E-state index is 0.843. The van der Waals surface area contributed by atoms with Crippen molar-refractivity contribution in [3.05, 3.63) is 45.8 Å². The number of hydrogen-bond acceptors (Lipinski definition) is 1. The Labute approximate surface area is 93.2 Å². The van der Waals surface area contributed by atoms with Crippen LogP contribution in [-0.2, 0) is 0 Å². The molecule has 1 aromatic heterocycles. The van der Waals surface area contributed by atoms with Gasteiger partial charge in [0.2, 0.25) is 0 Å². The van der Waals surface area contributed by atoms with Gasteiger partial charge in [-0.2, -0.15) is 0 Å². The largest absolute Gasteiger partial charge is 0.144 e. The molecule has 72 valence electrons. The van der Waals surface area contributed by atoms with Crippen LogP contribution in [0.5, 0.6) is 0 Å². The highest BCUT2D eigenvalue weighted by atomic mass is 35.5. The van der Waals surface area contributed by atoms with Crippen LogP contribution in [0.1, 0.15) is 11.1 Å². The fourth-order valence-electron chi connectivity index (χ4n) is 1.50. The first-order valence-electron chi connectivity index (χ1n) is 4.49. The minimum absolute atomic E-state index is 0.843. The third kappa shape index (κ3) is 1.58. The molecule has 0 spiro atoms. The number of aryl methyl sites for hydroxylation is 1. The zero-order valence-electron chi connectivity index (χ0n) is 8.17. The molecule has 0 atom stereocenters. The predicted octanol–water partition coefficient (Wildman–Crippen LogP) is 4.69. The van der Waals surface area contributed by atoms with Gasteiger partial charge in [0.05, 0.1) is 0 Å². The van der Waals surface area contributed by atoms with Gasteiger partial charge < -0.3 is 0 Å². The first-order chi connectivity index (χ1) is 6.70. The number of thiophene rings is 1. The van der Waals surface area contributed by atoms with Crippen LogP contribution >= 0.6 is 22.9 Å². The van der Waals surface area contributed by atoms with E-state index < -0.39 is 0 Å². The molecular weight excluding hydrogens is 212 g/mol. The molecule has 0 saturated carbocycles. The Morgan fingerprint density at radius 2 is 1.93 bits per heavy atom. The van der Waals surface area contributed by atoms with Gasteiger partial charge in [-0.15, -0.1) is 11.3 Å². The Balaban J connectivity index is 2.63. The molecule has 0 aliphatic rings. The molecule has 0 amide bonds. The maximum Gasteiger partial charge on any atom is 0.0441 e. The van der Waals surface area contributed by atoms with Gasteiger partial charge in [-0.3, -0.25) is 0 Å². The van der Waals surface area contributed by atoms with E-state index in [9.17, 15) is 0 Å². The van der Waals surface area contributed by atoms with Gasteiger partial charge in [-0.05, 0) is 48.1 Å². The summed E-state index contributed by atoms with van der Waals surface area (Å²) in [6, 6.07) is 8.20. The summed E-state index contributed by atoms with van der Waals surface area (Å²) < 4.78 is 0. The first kappa shape index (κ1) is 9.75. The van der Waals surface area contributed by atoms with E-state index >= 15 is 0 Å². The van der Waals surface area contributed by atoms with Crippen LogP contribution in [0.3, 0.4) is 0 Å². The summed E-state index contributed by atoms with van der Waals surface area (Å²) in [6.07, 6.45) is 0. The normalized spacial score (nSPS) is 10.5. The zero-order valence-corrected chi connectivity index (χ0v) is 9.75. The third-order valence-corrected chi connectivity index (χ3v) is 3.83. The second-order valence-corrected chi connectivity index (χ2v) is 4.67. The van der Waals surface area contributed by atoms with E-state index in [-0.39, 0.29) is 0 Å². The molecule has 2 aromatic rings. The fourth-order valence-corrected chi connectivity index (χ4v) is 2.69. The molecule has 0 radical (unpaired) electrons. The molecule has 0 N–H and O–H groups in total. The van der Waals surface area contributed by atoms with E-state index in [0.29, 0.717) is 0 Å². The highest BCUT2D eigenvalue weighted by Crippen LogP contribution is 2.33. The molecule has 0 aliphatic carbocycles. The van der Waals surface area contributed by atoms with Crippen LogP contribution in [0.25, 0.3) is 10.4 Å². The van der Waals surface area contributed by atoms with Crippen molar-refractivity contribution in [3.63, 3.8) is 0 Å². The van der Waals surface area contributed by atoms with Gasteiger partial charge >= 0.3 is 0 Å². The lowest BCUT2D eigenvalue weighted by Crippen LogP contribution is -1.82. The molecule has 0 unspecified atom stereocenters. The van der Waals surface area contributed by atoms with E-state index in [0.717, 1.165) is 5.02 Å². The summed E-state index contributed by atoms with van der Waals surface area (Å²) in [5.41, 5.74) is 3.74. The second kappa shape index (κ2) is 3.76. The van der Waals surface area contributed by atoms with E-state index in [2.05, 4.69) is 31.4 Å². The first-order valence-corrected chi connectivity index (χ1v) is 5.75. The number of halogens is 1. The average Bonchev–Trinajstić information content (AvgIpc) is 2.57. The quantitative estimate of drug-likeness (QED) is 0.657. The van der Waals surface area contributed by atoms with Crippen LogP contribution in [0.15, 0.2) is 29.6 Å². The van der Waals surface area contributed by atoms with Crippen molar-refractivity contribution in [1.82, 2.24) is 0 Å². The lowest BCUT2D eigenvalue weighted by molar-refractivity contribution is 1.45. The topological polar surface area (TPSA) is 0 Å². The van der Waals surface area contributed by atoms with Crippen molar-refractivity contribution in [2.24, 2.45) is 0 Å². The Bertz CT molecular complexity index is 457. The molecular formula is C12H11ClS. The van der Waals surface area contributed by atoms with Crippen LogP contribution in [0, 0.1) is 13.8 Å². The minimum Gasteiger partial charge on any atom is -0.144 e. The fraction of sp³-hybridized carbons (Fsp3) is 0.167. The summed E-state index contributed by atoms with van der Waals surface area (Å²) in [6.45, 7) is 4.20. The van der Waals surface area contributed by atoms with Crippen LogP contribution < -0.4 is 0 Å². The third-order valence-electron chi connectivity index (χ3n) is 2.37. The molecule has 2 heteroatoms. The number of hydrogen-bond donors (Lipinski definition) is 0. The van der Waals surface area contributed by atoms with Crippen molar-refractivity contribution in [2.45, 2.75) is 13.8 Å². The van der Waals surface area contributed by atoms with Crippen LogP contribution in [0.2, 0.25) is 5.02 Å². The van der Waals surface area contributed by atoms with Gasteiger partial charge in [-0.25, -0.2) is 0 Å². The molecule has 1 aromatic carbocycles. The van der Waals surface area contributed by atoms with Crippen molar-refractivity contribution in [3.8, 4) is 10.4 Å². The summed E-state index contributed by atoms with van der Waals surface area (Å²) in [5.74, 6) is 0. The monoisotopic (exact) mass is 222 g/mol. The highest BCUT2D eigenvalue weighted by Gasteiger charge is 2.07. The molecule has 14 heavy (non-hydrogen) atoms. The second-order valence-electron chi connectivity index (χ2n) is 3.35. The molecule has 1 heterocycles. The van der Waals surface area contributed by atoms with Crippen molar-refractivity contribution in [2.75, 3.05) is 0 Å². The summed E-state index contributed by atoms with van der Waals surface area (Å²) in [4.78, 5) is 1.32. The lowest BCUT2D eigenvalue weighted by atomic mass is 10.1. The molecule has 0 nitrogen and oxygen atoms in total. The number of rotatable bonds is 1. The van der Waals surface area contributed by atoms with Crippen molar-refractivity contribution >= 4 is 22.9 Å². The van der Waals surface area contributed by atoms with Crippen molar-refractivity contribution in [1.29, 1.82) is 0 Å². The van der Waals surface area contributed by atoms with E-state index in [1.807, 2.05) is 12.1 Å².